The van der Waals surface area contributed by atoms with Gasteiger partial charge >= 0.3 is 0 Å². The van der Waals surface area contributed by atoms with Gasteiger partial charge in [-0.15, -0.1) is 11.3 Å². The highest BCUT2D eigenvalue weighted by molar-refractivity contribution is 7.89. The van der Waals surface area contributed by atoms with Gasteiger partial charge in [-0.25, -0.2) is 18.5 Å². The van der Waals surface area contributed by atoms with Gasteiger partial charge < -0.3 is 10.6 Å². The number of carbonyl (C=O) groups is 1. The Morgan fingerprint density at radius 1 is 1.07 bits per heavy atom. The van der Waals surface area contributed by atoms with Gasteiger partial charge in [-0.2, -0.15) is 0 Å². The Hall–Kier alpha value is -2.75. The molecule has 0 aliphatic carbocycles. The van der Waals surface area contributed by atoms with E-state index in [0.29, 0.717) is 16.5 Å². The first-order valence-electron chi connectivity index (χ1n) is 8.56. The first-order chi connectivity index (χ1) is 13.3. The molecule has 0 aliphatic heterocycles. The minimum atomic E-state index is -3.75. The Bertz CT molecular complexity index is 1060. The lowest BCUT2D eigenvalue weighted by Crippen LogP contribution is -2.15. The van der Waals surface area contributed by atoms with Gasteiger partial charge in [0.05, 0.1) is 17.0 Å². The number of anilines is 3. The van der Waals surface area contributed by atoms with Gasteiger partial charge in [0.1, 0.15) is 0 Å². The molecule has 3 aromatic rings. The molecule has 1 amide bonds. The van der Waals surface area contributed by atoms with E-state index < -0.39 is 10.0 Å². The number of aryl methyl sites for hydroxylation is 1. The van der Waals surface area contributed by atoms with Crippen LogP contribution in [0.4, 0.5) is 16.5 Å². The van der Waals surface area contributed by atoms with Crippen molar-refractivity contribution in [2.45, 2.75) is 24.7 Å². The topological polar surface area (TPSA) is 114 Å². The van der Waals surface area contributed by atoms with Crippen LogP contribution in [0.5, 0.6) is 0 Å². The molecule has 0 saturated carbocycles. The van der Waals surface area contributed by atoms with Crippen LogP contribution < -0.4 is 15.8 Å². The molecule has 0 atom stereocenters. The number of amides is 1. The fourth-order valence-corrected chi connectivity index (χ4v) is 3.74. The maximum Gasteiger partial charge on any atom is 0.238 e. The average Bonchev–Trinajstić information content (AvgIpc) is 3.08. The third kappa shape index (κ3) is 5.38. The third-order valence-electron chi connectivity index (χ3n) is 3.97. The lowest BCUT2D eigenvalue weighted by Gasteiger charge is -2.05. The van der Waals surface area contributed by atoms with Crippen molar-refractivity contribution in [2.75, 3.05) is 10.6 Å². The lowest BCUT2D eigenvalue weighted by molar-refractivity contribution is -0.115. The number of nitrogens with zero attached hydrogens (tertiary/aromatic N) is 1. The van der Waals surface area contributed by atoms with Crippen molar-refractivity contribution in [3.8, 4) is 0 Å². The van der Waals surface area contributed by atoms with Gasteiger partial charge in [0, 0.05) is 16.8 Å². The Balaban J connectivity index is 1.57. The molecule has 0 spiro atoms. The third-order valence-corrected chi connectivity index (χ3v) is 5.71. The number of thiazole rings is 1. The van der Waals surface area contributed by atoms with Crippen LogP contribution in [0, 0.1) is 0 Å². The minimum absolute atomic E-state index is 0.00677. The highest BCUT2D eigenvalue weighted by Gasteiger charge is 2.10. The van der Waals surface area contributed by atoms with Gasteiger partial charge in [0.25, 0.3) is 0 Å². The zero-order chi connectivity index (χ0) is 20.1. The van der Waals surface area contributed by atoms with Crippen molar-refractivity contribution < 1.29 is 13.2 Å². The number of carbonyl (C=O) groups excluding carboxylic acids is 1. The molecule has 0 aliphatic rings. The molecule has 0 bridgehead atoms. The second kappa shape index (κ2) is 8.51. The molecule has 0 saturated heterocycles. The molecule has 3 rings (SSSR count). The van der Waals surface area contributed by atoms with Crippen LogP contribution in [0.1, 0.15) is 18.2 Å². The SMILES string of the molecule is CCc1ccc(Nc2nc(CC(=O)Nc3ccc(S(N)(=O)=O)cc3)cs2)cc1. The van der Waals surface area contributed by atoms with Gasteiger partial charge in [0.15, 0.2) is 5.13 Å². The van der Waals surface area contributed by atoms with Crippen molar-refractivity contribution in [2.24, 2.45) is 5.14 Å². The van der Waals surface area contributed by atoms with Crippen LogP contribution in [0.25, 0.3) is 0 Å². The van der Waals surface area contributed by atoms with E-state index in [4.69, 9.17) is 5.14 Å². The van der Waals surface area contributed by atoms with E-state index in [1.54, 1.807) is 0 Å². The van der Waals surface area contributed by atoms with Crippen molar-refractivity contribution in [3.63, 3.8) is 0 Å². The molecule has 2 aromatic carbocycles. The number of sulfonamides is 1. The second-order valence-electron chi connectivity index (χ2n) is 6.11. The predicted molar refractivity (Wildman–Crippen MR) is 111 cm³/mol. The fraction of sp³-hybridized carbons (Fsp3) is 0.158. The highest BCUT2D eigenvalue weighted by Crippen LogP contribution is 2.22. The first kappa shape index (κ1) is 20.0. The second-order valence-corrected chi connectivity index (χ2v) is 8.53. The molecule has 1 aromatic heterocycles. The van der Waals surface area contributed by atoms with Crippen LogP contribution in [0.3, 0.4) is 0 Å². The van der Waals surface area contributed by atoms with Crippen LogP contribution in [-0.4, -0.2) is 19.3 Å². The molecular weight excluding hydrogens is 396 g/mol. The van der Waals surface area contributed by atoms with Crippen LogP contribution in [0.15, 0.2) is 58.8 Å². The summed E-state index contributed by atoms with van der Waals surface area (Å²) in [4.78, 5) is 16.6. The molecule has 7 nitrogen and oxygen atoms in total. The standard InChI is InChI=1S/C19H20N4O3S2/c1-2-13-3-5-15(6-4-13)22-19-23-16(12-27-19)11-18(24)21-14-7-9-17(10-8-14)28(20,25)26/h3-10,12H,2,11H2,1H3,(H,21,24)(H,22,23)(H2,20,25,26). The number of primary sulfonamides is 1. The van der Waals surface area contributed by atoms with Crippen LogP contribution in [-0.2, 0) is 27.7 Å². The van der Waals surface area contributed by atoms with E-state index in [0.717, 1.165) is 12.1 Å². The van der Waals surface area contributed by atoms with Crippen molar-refractivity contribution in [1.82, 2.24) is 4.98 Å². The van der Waals surface area contributed by atoms with Crippen LogP contribution >= 0.6 is 11.3 Å². The summed E-state index contributed by atoms with van der Waals surface area (Å²) in [6.07, 6.45) is 1.10. The summed E-state index contributed by atoms with van der Waals surface area (Å²) < 4.78 is 22.5. The van der Waals surface area contributed by atoms with Crippen LogP contribution in [0.2, 0.25) is 0 Å². The Kier molecular flexibility index (Phi) is 6.08. The number of hydrogen-bond donors (Lipinski definition) is 3. The molecule has 0 unspecified atom stereocenters. The number of nitrogens with two attached hydrogens (primary N) is 1. The minimum Gasteiger partial charge on any atom is -0.332 e. The largest absolute Gasteiger partial charge is 0.332 e. The summed E-state index contributed by atoms with van der Waals surface area (Å²) in [5.41, 5.74) is 3.34. The number of benzene rings is 2. The summed E-state index contributed by atoms with van der Waals surface area (Å²) in [5.74, 6) is -0.243. The molecular formula is C19H20N4O3S2. The lowest BCUT2D eigenvalue weighted by atomic mass is 10.1. The monoisotopic (exact) mass is 416 g/mol. The number of hydrogen-bond acceptors (Lipinski definition) is 6. The molecule has 9 heteroatoms. The van der Waals surface area contributed by atoms with E-state index in [9.17, 15) is 13.2 Å². The van der Waals surface area contributed by atoms with Crippen molar-refractivity contribution in [1.29, 1.82) is 0 Å². The van der Waals surface area contributed by atoms with Crippen molar-refractivity contribution >= 4 is 43.8 Å². The van der Waals surface area contributed by atoms with E-state index in [1.807, 2.05) is 17.5 Å². The van der Waals surface area contributed by atoms with E-state index in [2.05, 4.69) is 34.7 Å². The quantitative estimate of drug-likeness (QED) is 0.547. The normalized spacial score (nSPS) is 11.2. The summed E-state index contributed by atoms with van der Waals surface area (Å²) in [7, 11) is -3.75. The molecule has 146 valence electrons. The average molecular weight is 417 g/mol. The van der Waals surface area contributed by atoms with Gasteiger partial charge in [-0.3, -0.25) is 4.79 Å². The first-order valence-corrected chi connectivity index (χ1v) is 11.0. The van der Waals surface area contributed by atoms with E-state index in [1.165, 1.54) is 41.2 Å². The maximum atomic E-state index is 12.2. The Morgan fingerprint density at radius 2 is 1.71 bits per heavy atom. The summed E-state index contributed by atoms with van der Waals surface area (Å²) in [6.45, 7) is 2.11. The highest BCUT2D eigenvalue weighted by atomic mass is 32.2. The number of aromatic nitrogens is 1. The maximum absolute atomic E-state index is 12.2. The van der Waals surface area contributed by atoms with Crippen molar-refractivity contribution in [3.05, 3.63) is 65.2 Å². The van der Waals surface area contributed by atoms with E-state index in [-0.39, 0.29) is 17.2 Å². The summed E-state index contributed by atoms with van der Waals surface area (Å²) >= 11 is 1.42. The molecule has 1 heterocycles. The molecule has 28 heavy (non-hydrogen) atoms. The number of rotatable bonds is 7. The molecule has 4 N–H and O–H groups in total. The zero-order valence-corrected chi connectivity index (χ0v) is 16.8. The zero-order valence-electron chi connectivity index (χ0n) is 15.2. The Morgan fingerprint density at radius 3 is 2.32 bits per heavy atom. The molecule has 0 fully saturated rings. The van der Waals surface area contributed by atoms with Gasteiger partial charge in [-0.1, -0.05) is 19.1 Å². The van der Waals surface area contributed by atoms with Gasteiger partial charge in [-0.05, 0) is 48.4 Å². The summed E-state index contributed by atoms with van der Waals surface area (Å²) in [6, 6.07) is 13.8. The number of nitrogens with one attached hydrogen (secondary N) is 2. The molecule has 0 radical (unpaired) electrons. The van der Waals surface area contributed by atoms with Gasteiger partial charge in [0.2, 0.25) is 15.9 Å². The van der Waals surface area contributed by atoms with E-state index >= 15 is 0 Å². The predicted octanol–water partition coefficient (Wildman–Crippen LogP) is 3.28. The fourth-order valence-electron chi connectivity index (χ4n) is 2.49. The summed E-state index contributed by atoms with van der Waals surface area (Å²) in [5, 5.41) is 13.5. The smallest absolute Gasteiger partial charge is 0.238 e. The Labute approximate surface area is 167 Å².